The molecule has 1 aromatic carbocycles. The summed E-state index contributed by atoms with van der Waals surface area (Å²) in [6.07, 6.45) is 5.99. The van der Waals surface area contributed by atoms with Gasteiger partial charge in [-0.25, -0.2) is 4.39 Å². The van der Waals surface area contributed by atoms with Gasteiger partial charge in [0.1, 0.15) is 5.82 Å². The third-order valence-corrected chi connectivity index (χ3v) is 5.43. The van der Waals surface area contributed by atoms with E-state index >= 15 is 0 Å². The maximum absolute atomic E-state index is 12.8. The monoisotopic (exact) mass is 296 g/mol. The zero-order valence-corrected chi connectivity index (χ0v) is 12.5. The summed E-state index contributed by atoms with van der Waals surface area (Å²) < 4.78 is 24.7. The lowest BCUT2D eigenvalue weighted by Gasteiger charge is -2.08. The number of rotatable bonds is 7. The highest BCUT2D eigenvalue weighted by atomic mass is 32.2. The Balaban J connectivity index is 1.68. The lowest BCUT2D eigenvalue weighted by Crippen LogP contribution is -2.11. The lowest BCUT2D eigenvalue weighted by molar-refractivity contribution is 0.0982. The summed E-state index contributed by atoms with van der Waals surface area (Å²) in [6.45, 7) is 0. The molecule has 1 atom stereocenters. The van der Waals surface area contributed by atoms with E-state index in [2.05, 4.69) is 0 Å². The van der Waals surface area contributed by atoms with Gasteiger partial charge < -0.3 is 0 Å². The standard InChI is InChI=1S/C16H21FO2S/c17-15-9-7-14(8-10-15)16(18)6-3-11-20(19)12-13-4-1-2-5-13/h7-10,13H,1-6,11-12H2. The zero-order valence-electron chi connectivity index (χ0n) is 11.6. The Labute approximate surface area is 122 Å². The molecule has 0 saturated heterocycles. The first-order chi connectivity index (χ1) is 9.65. The molecule has 0 N–H and O–H groups in total. The number of hydrogen-bond donors (Lipinski definition) is 0. The average molecular weight is 296 g/mol. The molecule has 2 rings (SSSR count). The van der Waals surface area contributed by atoms with Crippen molar-refractivity contribution in [3.63, 3.8) is 0 Å². The van der Waals surface area contributed by atoms with E-state index in [0.29, 0.717) is 30.1 Å². The van der Waals surface area contributed by atoms with Crippen molar-refractivity contribution in [2.75, 3.05) is 11.5 Å². The minimum Gasteiger partial charge on any atom is -0.294 e. The highest BCUT2D eigenvalue weighted by Gasteiger charge is 2.17. The molecule has 1 saturated carbocycles. The predicted octanol–water partition coefficient (Wildman–Crippen LogP) is 3.73. The Bertz CT molecular complexity index is 464. The van der Waals surface area contributed by atoms with E-state index in [1.807, 2.05) is 0 Å². The van der Waals surface area contributed by atoms with Crippen molar-refractivity contribution in [2.45, 2.75) is 38.5 Å². The first-order valence-corrected chi connectivity index (χ1v) is 8.77. The van der Waals surface area contributed by atoms with Gasteiger partial charge in [-0.05, 0) is 49.4 Å². The fourth-order valence-corrected chi connectivity index (χ4v) is 4.19. The zero-order chi connectivity index (χ0) is 14.4. The molecule has 0 radical (unpaired) electrons. The number of Topliss-reactive ketones (excluding diaryl/α,β-unsaturated/α-hetero) is 1. The Hall–Kier alpha value is -1.03. The normalized spacial score (nSPS) is 17.2. The summed E-state index contributed by atoms with van der Waals surface area (Å²) in [5.41, 5.74) is 0.535. The van der Waals surface area contributed by atoms with Crippen LogP contribution >= 0.6 is 0 Å². The minimum absolute atomic E-state index is 0.00265. The predicted molar refractivity (Wildman–Crippen MR) is 79.8 cm³/mol. The van der Waals surface area contributed by atoms with Crippen LogP contribution in [0, 0.1) is 11.7 Å². The third kappa shape index (κ3) is 4.82. The molecule has 0 bridgehead atoms. The van der Waals surface area contributed by atoms with Crippen molar-refractivity contribution >= 4 is 16.6 Å². The van der Waals surface area contributed by atoms with Crippen LogP contribution in [0.3, 0.4) is 0 Å². The van der Waals surface area contributed by atoms with Gasteiger partial charge in [0.15, 0.2) is 5.78 Å². The second kappa shape index (κ2) is 7.67. The maximum atomic E-state index is 12.8. The molecular formula is C16H21FO2S. The summed E-state index contributed by atoms with van der Waals surface area (Å²) in [4.78, 5) is 11.9. The van der Waals surface area contributed by atoms with Crippen LogP contribution in [0.15, 0.2) is 24.3 Å². The fraction of sp³-hybridized carbons (Fsp3) is 0.562. The number of ketones is 1. The van der Waals surface area contributed by atoms with Crippen molar-refractivity contribution in [2.24, 2.45) is 5.92 Å². The Morgan fingerprint density at radius 1 is 1.20 bits per heavy atom. The summed E-state index contributed by atoms with van der Waals surface area (Å²) >= 11 is 0. The number of carbonyl (C=O) groups excluding carboxylic acids is 1. The molecule has 20 heavy (non-hydrogen) atoms. The van der Waals surface area contributed by atoms with Gasteiger partial charge in [-0.3, -0.25) is 9.00 Å². The first-order valence-electron chi connectivity index (χ1n) is 7.29. The SMILES string of the molecule is O=C(CCCS(=O)CC1CCCC1)c1ccc(F)cc1. The summed E-state index contributed by atoms with van der Waals surface area (Å²) in [5, 5.41) is 0. The Kier molecular flexibility index (Phi) is 5.89. The molecule has 0 aliphatic heterocycles. The van der Waals surface area contributed by atoms with Crippen LogP contribution in [-0.4, -0.2) is 21.5 Å². The topological polar surface area (TPSA) is 34.1 Å². The molecule has 0 amide bonds. The van der Waals surface area contributed by atoms with Crippen molar-refractivity contribution in [1.29, 1.82) is 0 Å². The molecule has 4 heteroatoms. The number of benzene rings is 1. The highest BCUT2D eigenvalue weighted by molar-refractivity contribution is 7.84. The van der Waals surface area contributed by atoms with Crippen molar-refractivity contribution in [3.05, 3.63) is 35.6 Å². The number of hydrogen-bond acceptors (Lipinski definition) is 2. The van der Waals surface area contributed by atoms with Crippen LogP contribution in [0.5, 0.6) is 0 Å². The third-order valence-electron chi connectivity index (χ3n) is 3.84. The Morgan fingerprint density at radius 2 is 1.85 bits per heavy atom. The van der Waals surface area contributed by atoms with Gasteiger partial charge >= 0.3 is 0 Å². The van der Waals surface area contributed by atoms with Gasteiger partial charge in [-0.15, -0.1) is 0 Å². The summed E-state index contributed by atoms with van der Waals surface area (Å²) in [6, 6.07) is 5.61. The van der Waals surface area contributed by atoms with Gasteiger partial charge in [0.25, 0.3) is 0 Å². The van der Waals surface area contributed by atoms with Crippen LogP contribution in [0.25, 0.3) is 0 Å². The van der Waals surface area contributed by atoms with Gasteiger partial charge in [-0.1, -0.05) is 12.8 Å². The van der Waals surface area contributed by atoms with Crippen LogP contribution in [0.2, 0.25) is 0 Å². The van der Waals surface area contributed by atoms with E-state index in [4.69, 9.17) is 0 Å². The van der Waals surface area contributed by atoms with Crippen LogP contribution in [0.1, 0.15) is 48.9 Å². The van der Waals surface area contributed by atoms with Crippen molar-refractivity contribution in [3.8, 4) is 0 Å². The highest BCUT2D eigenvalue weighted by Crippen LogP contribution is 2.25. The first kappa shape index (κ1) is 15.4. The van der Waals surface area contributed by atoms with Gasteiger partial charge in [-0.2, -0.15) is 0 Å². The van der Waals surface area contributed by atoms with Crippen LogP contribution in [0.4, 0.5) is 4.39 Å². The van der Waals surface area contributed by atoms with E-state index in [1.165, 1.54) is 49.9 Å². The number of halogens is 1. The average Bonchev–Trinajstić information content (AvgIpc) is 2.92. The molecule has 1 unspecified atom stereocenters. The van der Waals surface area contributed by atoms with Gasteiger partial charge in [0.2, 0.25) is 0 Å². The van der Waals surface area contributed by atoms with E-state index in [0.717, 1.165) is 5.75 Å². The second-order valence-electron chi connectivity index (χ2n) is 5.49. The molecule has 1 fully saturated rings. The molecular weight excluding hydrogens is 275 g/mol. The van der Waals surface area contributed by atoms with Gasteiger partial charge in [0.05, 0.1) is 0 Å². The molecule has 1 aromatic rings. The molecule has 110 valence electrons. The quantitative estimate of drug-likeness (QED) is 0.719. The molecule has 0 heterocycles. The van der Waals surface area contributed by atoms with E-state index < -0.39 is 10.8 Å². The lowest BCUT2D eigenvalue weighted by atomic mass is 10.1. The Morgan fingerprint density at radius 3 is 2.50 bits per heavy atom. The van der Waals surface area contributed by atoms with Crippen LogP contribution in [-0.2, 0) is 10.8 Å². The van der Waals surface area contributed by atoms with E-state index in [9.17, 15) is 13.4 Å². The minimum atomic E-state index is -0.799. The van der Waals surface area contributed by atoms with Gasteiger partial charge in [0, 0.05) is 34.3 Å². The van der Waals surface area contributed by atoms with E-state index in [-0.39, 0.29) is 11.6 Å². The smallest absolute Gasteiger partial charge is 0.162 e. The molecule has 0 aromatic heterocycles. The van der Waals surface area contributed by atoms with Crippen molar-refractivity contribution in [1.82, 2.24) is 0 Å². The molecule has 2 nitrogen and oxygen atoms in total. The molecule has 1 aliphatic rings. The molecule has 0 spiro atoms. The maximum Gasteiger partial charge on any atom is 0.162 e. The second-order valence-corrected chi connectivity index (χ2v) is 7.12. The van der Waals surface area contributed by atoms with Crippen molar-refractivity contribution < 1.29 is 13.4 Å². The summed E-state index contributed by atoms with van der Waals surface area (Å²) in [5.74, 6) is 1.69. The fourth-order valence-electron chi connectivity index (χ4n) is 2.70. The largest absolute Gasteiger partial charge is 0.294 e. The van der Waals surface area contributed by atoms with Crippen LogP contribution < -0.4 is 0 Å². The molecule has 1 aliphatic carbocycles. The van der Waals surface area contributed by atoms with E-state index in [1.54, 1.807) is 0 Å². The summed E-state index contributed by atoms with van der Waals surface area (Å²) in [7, 11) is -0.799. The number of carbonyl (C=O) groups is 1.